The fourth-order valence-electron chi connectivity index (χ4n) is 2.34. The second-order valence-corrected chi connectivity index (χ2v) is 5.12. The highest BCUT2D eigenvalue weighted by molar-refractivity contribution is 5.78. The minimum atomic E-state index is -0.811. The molecular formula is C12H21N3O4. The molecule has 108 valence electrons. The Balaban J connectivity index is 2.50. The van der Waals surface area contributed by atoms with Crippen molar-refractivity contribution in [2.75, 3.05) is 6.54 Å². The molecule has 0 aromatic rings. The van der Waals surface area contributed by atoms with Crippen LogP contribution in [0.15, 0.2) is 0 Å². The van der Waals surface area contributed by atoms with Crippen LogP contribution in [-0.2, 0) is 9.59 Å². The SMILES string of the molecule is CC(CC(N)=O)NC(=O)N1CCC(C(=O)O)CC1C. The van der Waals surface area contributed by atoms with Gasteiger partial charge in [-0.2, -0.15) is 0 Å². The first-order valence-corrected chi connectivity index (χ1v) is 6.39. The number of rotatable bonds is 4. The molecule has 1 heterocycles. The molecule has 0 aromatic carbocycles. The molecule has 19 heavy (non-hydrogen) atoms. The second-order valence-electron chi connectivity index (χ2n) is 5.12. The molecule has 0 spiro atoms. The van der Waals surface area contributed by atoms with E-state index in [2.05, 4.69) is 5.32 Å². The summed E-state index contributed by atoms with van der Waals surface area (Å²) in [6.07, 6.45) is 0.996. The summed E-state index contributed by atoms with van der Waals surface area (Å²) in [5.74, 6) is -1.67. The Bertz CT molecular complexity index is 372. The number of carboxylic acid groups (broad SMARTS) is 1. The Labute approximate surface area is 112 Å². The molecule has 0 radical (unpaired) electrons. The highest BCUT2D eigenvalue weighted by Gasteiger charge is 2.32. The van der Waals surface area contributed by atoms with Gasteiger partial charge in [0.15, 0.2) is 0 Å². The number of hydrogen-bond acceptors (Lipinski definition) is 3. The average molecular weight is 271 g/mol. The van der Waals surface area contributed by atoms with Gasteiger partial charge in [-0.1, -0.05) is 0 Å². The molecule has 7 heteroatoms. The molecule has 1 rings (SSSR count). The monoisotopic (exact) mass is 271 g/mol. The number of carbonyl (C=O) groups excluding carboxylic acids is 2. The third kappa shape index (κ3) is 4.42. The zero-order valence-electron chi connectivity index (χ0n) is 11.3. The molecule has 3 amide bonds. The Morgan fingerprint density at radius 1 is 1.47 bits per heavy atom. The zero-order chi connectivity index (χ0) is 14.6. The van der Waals surface area contributed by atoms with Gasteiger partial charge in [0.1, 0.15) is 0 Å². The van der Waals surface area contributed by atoms with Crippen LogP contribution >= 0.6 is 0 Å². The molecule has 0 saturated carbocycles. The number of carboxylic acids is 1. The standard InChI is InChI=1S/C12H21N3O4/c1-7(5-10(13)16)14-12(19)15-4-3-9(11(17)18)6-8(15)2/h7-9H,3-6H2,1-2H3,(H2,13,16)(H,14,19)(H,17,18). The molecule has 1 fully saturated rings. The van der Waals surface area contributed by atoms with Crippen molar-refractivity contribution in [3.8, 4) is 0 Å². The number of carbonyl (C=O) groups is 3. The van der Waals surface area contributed by atoms with Gasteiger partial charge < -0.3 is 21.1 Å². The molecule has 1 aliphatic heterocycles. The lowest BCUT2D eigenvalue weighted by molar-refractivity contribution is -0.143. The first kappa shape index (κ1) is 15.3. The van der Waals surface area contributed by atoms with E-state index in [0.29, 0.717) is 19.4 Å². The van der Waals surface area contributed by atoms with Gasteiger partial charge in [-0.3, -0.25) is 9.59 Å². The summed E-state index contributed by atoms with van der Waals surface area (Å²) in [6.45, 7) is 3.94. The second kappa shape index (κ2) is 6.40. The third-order valence-corrected chi connectivity index (χ3v) is 3.36. The van der Waals surface area contributed by atoms with E-state index in [-0.39, 0.29) is 30.5 Å². The minimum Gasteiger partial charge on any atom is -0.481 e. The number of piperidine rings is 1. The lowest BCUT2D eigenvalue weighted by Gasteiger charge is -2.36. The molecule has 3 atom stereocenters. The molecule has 1 saturated heterocycles. The first-order valence-electron chi connectivity index (χ1n) is 6.39. The van der Waals surface area contributed by atoms with E-state index >= 15 is 0 Å². The fourth-order valence-corrected chi connectivity index (χ4v) is 2.34. The smallest absolute Gasteiger partial charge is 0.317 e. The van der Waals surface area contributed by atoms with Gasteiger partial charge in [0, 0.05) is 25.0 Å². The quantitative estimate of drug-likeness (QED) is 0.675. The highest BCUT2D eigenvalue weighted by Crippen LogP contribution is 2.23. The number of likely N-dealkylation sites (tertiary alicyclic amines) is 1. The summed E-state index contributed by atoms with van der Waals surface area (Å²) >= 11 is 0. The number of urea groups is 1. The maximum Gasteiger partial charge on any atom is 0.317 e. The van der Waals surface area contributed by atoms with Gasteiger partial charge in [0.2, 0.25) is 5.91 Å². The Morgan fingerprint density at radius 2 is 2.11 bits per heavy atom. The van der Waals surface area contributed by atoms with Crippen molar-refractivity contribution in [3.63, 3.8) is 0 Å². The largest absolute Gasteiger partial charge is 0.481 e. The summed E-state index contributed by atoms with van der Waals surface area (Å²) in [7, 11) is 0. The molecule has 7 nitrogen and oxygen atoms in total. The van der Waals surface area contributed by atoms with Crippen LogP contribution < -0.4 is 11.1 Å². The number of primary amides is 1. The van der Waals surface area contributed by atoms with E-state index in [1.165, 1.54) is 0 Å². The Hall–Kier alpha value is -1.79. The van der Waals surface area contributed by atoms with Gasteiger partial charge in [0.25, 0.3) is 0 Å². The van der Waals surface area contributed by atoms with Crippen molar-refractivity contribution in [3.05, 3.63) is 0 Å². The first-order chi connectivity index (χ1) is 8.81. The van der Waals surface area contributed by atoms with Crippen molar-refractivity contribution in [1.29, 1.82) is 0 Å². The van der Waals surface area contributed by atoms with Crippen molar-refractivity contribution in [2.24, 2.45) is 11.7 Å². The van der Waals surface area contributed by atoms with Gasteiger partial charge in [-0.15, -0.1) is 0 Å². The van der Waals surface area contributed by atoms with Crippen LogP contribution in [0.1, 0.15) is 33.1 Å². The molecular weight excluding hydrogens is 250 g/mol. The van der Waals surface area contributed by atoms with Crippen LogP contribution in [-0.4, -0.2) is 46.5 Å². The lowest BCUT2D eigenvalue weighted by atomic mass is 9.92. The predicted molar refractivity (Wildman–Crippen MR) is 68.3 cm³/mol. The maximum atomic E-state index is 12.0. The van der Waals surface area contributed by atoms with Gasteiger partial charge in [-0.05, 0) is 26.7 Å². The van der Waals surface area contributed by atoms with Crippen LogP contribution in [0, 0.1) is 5.92 Å². The number of nitrogens with two attached hydrogens (primary N) is 1. The lowest BCUT2D eigenvalue weighted by Crippen LogP contribution is -2.52. The minimum absolute atomic E-state index is 0.0890. The number of amides is 3. The normalized spacial score (nSPS) is 24.6. The maximum absolute atomic E-state index is 12.0. The van der Waals surface area contributed by atoms with Gasteiger partial charge in [-0.25, -0.2) is 4.79 Å². The number of nitrogens with one attached hydrogen (secondary N) is 1. The van der Waals surface area contributed by atoms with Crippen LogP contribution in [0.5, 0.6) is 0 Å². The predicted octanol–water partition coefficient (Wildman–Crippen LogP) is 0.145. The molecule has 3 unspecified atom stereocenters. The molecule has 0 aliphatic carbocycles. The van der Waals surface area contributed by atoms with E-state index in [1.807, 2.05) is 6.92 Å². The summed E-state index contributed by atoms with van der Waals surface area (Å²) in [5, 5.41) is 11.6. The molecule has 1 aliphatic rings. The van der Waals surface area contributed by atoms with E-state index in [4.69, 9.17) is 10.8 Å². The average Bonchev–Trinajstić information content (AvgIpc) is 2.26. The molecule has 0 bridgehead atoms. The number of aliphatic carboxylic acids is 1. The Kier molecular flexibility index (Phi) is 5.14. The van der Waals surface area contributed by atoms with E-state index in [9.17, 15) is 14.4 Å². The van der Waals surface area contributed by atoms with Crippen LogP contribution in [0.25, 0.3) is 0 Å². The van der Waals surface area contributed by atoms with Crippen molar-refractivity contribution in [1.82, 2.24) is 10.2 Å². The number of hydrogen-bond donors (Lipinski definition) is 3. The molecule has 0 aromatic heterocycles. The van der Waals surface area contributed by atoms with Crippen molar-refractivity contribution >= 4 is 17.9 Å². The summed E-state index contributed by atoms with van der Waals surface area (Å²) in [6, 6.07) is -0.727. The number of nitrogens with zero attached hydrogens (tertiary/aromatic N) is 1. The third-order valence-electron chi connectivity index (χ3n) is 3.36. The zero-order valence-corrected chi connectivity index (χ0v) is 11.3. The fraction of sp³-hybridized carbons (Fsp3) is 0.750. The highest BCUT2D eigenvalue weighted by atomic mass is 16.4. The Morgan fingerprint density at radius 3 is 2.58 bits per heavy atom. The van der Waals surface area contributed by atoms with E-state index < -0.39 is 11.9 Å². The van der Waals surface area contributed by atoms with E-state index in [1.54, 1.807) is 11.8 Å². The van der Waals surface area contributed by atoms with Crippen molar-refractivity contribution in [2.45, 2.75) is 45.2 Å². The van der Waals surface area contributed by atoms with Crippen LogP contribution in [0.4, 0.5) is 4.79 Å². The topological polar surface area (TPSA) is 113 Å². The van der Waals surface area contributed by atoms with Gasteiger partial charge in [0.05, 0.1) is 5.92 Å². The van der Waals surface area contributed by atoms with Crippen LogP contribution in [0.3, 0.4) is 0 Å². The summed E-state index contributed by atoms with van der Waals surface area (Å²) in [4.78, 5) is 35.2. The van der Waals surface area contributed by atoms with Crippen LogP contribution in [0.2, 0.25) is 0 Å². The summed E-state index contributed by atoms with van der Waals surface area (Å²) < 4.78 is 0. The summed E-state index contributed by atoms with van der Waals surface area (Å²) in [5.41, 5.74) is 5.06. The van der Waals surface area contributed by atoms with Crippen molar-refractivity contribution < 1.29 is 19.5 Å². The van der Waals surface area contributed by atoms with Gasteiger partial charge >= 0.3 is 12.0 Å². The molecule has 4 N–H and O–H groups in total. The van der Waals surface area contributed by atoms with E-state index in [0.717, 1.165) is 0 Å².